The second-order valence-corrected chi connectivity index (χ2v) is 29.0. The van der Waals surface area contributed by atoms with Gasteiger partial charge in [0.15, 0.2) is 43.9 Å². The summed E-state index contributed by atoms with van der Waals surface area (Å²) in [6.45, 7) is 7.96. The third-order valence-electron chi connectivity index (χ3n) is 18.5. The van der Waals surface area contributed by atoms with Crippen LogP contribution < -0.4 is 32.5 Å². The Morgan fingerprint density at radius 1 is 0.319 bits per heavy atom. The largest absolute Gasteiger partial charge is 0.488 e. The summed E-state index contributed by atoms with van der Waals surface area (Å²) in [5.74, 6) is 2.94. The van der Waals surface area contributed by atoms with Gasteiger partial charge in [-0.05, 0) is 136 Å². The van der Waals surface area contributed by atoms with E-state index in [9.17, 15) is 0 Å². The van der Waals surface area contributed by atoms with Crippen LogP contribution in [-0.2, 0) is 23.7 Å². The van der Waals surface area contributed by atoms with Crippen LogP contribution in [0.3, 0.4) is 0 Å². The molecule has 0 aliphatic carbocycles. The number of anilines is 4. The lowest BCUT2D eigenvalue weighted by atomic mass is 9.81. The molecule has 5 saturated heterocycles. The van der Waals surface area contributed by atoms with Crippen molar-refractivity contribution in [3.63, 3.8) is 0 Å². The van der Waals surface area contributed by atoms with Gasteiger partial charge in [-0.25, -0.2) is 0 Å². The van der Waals surface area contributed by atoms with E-state index in [1.54, 1.807) is 79.9 Å². The van der Waals surface area contributed by atoms with Gasteiger partial charge >= 0.3 is 7.12 Å². The van der Waals surface area contributed by atoms with Crippen LogP contribution in [0.25, 0.3) is 76.4 Å². The normalized spacial score (nSPS) is 17.4. The number of aromatic nitrogens is 15. The van der Waals surface area contributed by atoms with E-state index in [0.29, 0.717) is 59.6 Å². The van der Waals surface area contributed by atoms with E-state index in [1.165, 1.54) is 6.42 Å². The molecule has 0 bridgehead atoms. The number of hydrogen-bond acceptors (Lipinski definition) is 27. The van der Waals surface area contributed by atoms with Crippen LogP contribution in [0.15, 0.2) is 165 Å². The molecule has 18 rings (SSSR count). The Bertz CT molecular complexity index is 4900. The Kier molecular flexibility index (Phi) is 31.8. The molecule has 13 aromatic rings. The van der Waals surface area contributed by atoms with E-state index in [1.807, 2.05) is 85.2 Å². The minimum absolute atomic E-state index is 0.245. The van der Waals surface area contributed by atoms with Gasteiger partial charge < -0.3 is 60.7 Å². The number of benzene rings is 3. The molecule has 0 radical (unpaired) electrons. The third kappa shape index (κ3) is 23.9. The molecular weight excluding hydrogens is 1590 g/mol. The van der Waals surface area contributed by atoms with Crippen LogP contribution in [0.4, 0.5) is 23.3 Å². The van der Waals surface area contributed by atoms with E-state index < -0.39 is 7.12 Å². The third-order valence-corrected chi connectivity index (χ3v) is 20.4. The highest BCUT2D eigenvalue weighted by atomic mass is 35.5. The number of nitrogens with two attached hydrogens (primary N) is 1. The van der Waals surface area contributed by atoms with Crippen molar-refractivity contribution in [1.29, 1.82) is 0 Å². The first kappa shape index (κ1) is 83.5. The van der Waals surface area contributed by atoms with Gasteiger partial charge in [0.05, 0.1) is 30.5 Å². The SMILES string of the molecule is Clc1ccc(-c2nnc(NC[C@@H]3CCCO3)c3ccncc23)cc1.Clc1ccc(-c2nnc(NC[C@@H]3CCCO3)c3cnccc23)cc1.Clc1nnc(Cl)c2cnccc12.Clc1nnc(NC[C@@H]2CCCO2)c2ccncc12.Clc1nnc(NC[C@@H]2CCCO2)c2cnccc12.NC[C@@H]1CCCO1.OB(O)c1ccc(Cl)cc1. The molecular formula is C78H80BCl7N20O7. The Hall–Kier alpha value is -8.92. The molecule has 586 valence electrons. The molecule has 5 fully saturated rings. The molecule has 27 nitrogen and oxygen atoms in total. The van der Waals surface area contributed by atoms with Crippen molar-refractivity contribution >= 4 is 171 Å². The lowest BCUT2D eigenvalue weighted by molar-refractivity contribution is 0.117. The number of fused-ring (bicyclic) bond motifs is 5. The fourth-order valence-corrected chi connectivity index (χ4v) is 13.7. The van der Waals surface area contributed by atoms with Gasteiger partial charge in [-0.1, -0.05) is 118 Å². The molecule has 113 heavy (non-hydrogen) atoms. The fourth-order valence-electron chi connectivity index (χ4n) is 12.6. The van der Waals surface area contributed by atoms with E-state index in [-0.39, 0.29) is 24.4 Å². The van der Waals surface area contributed by atoms with Gasteiger partial charge in [0.1, 0.15) is 11.4 Å². The second-order valence-electron chi connectivity index (χ2n) is 26.2. The molecule has 0 amide bonds. The summed E-state index contributed by atoms with van der Waals surface area (Å²) < 4.78 is 27.6. The van der Waals surface area contributed by atoms with E-state index in [2.05, 4.69) is 97.2 Å². The molecule has 5 atom stereocenters. The first-order chi connectivity index (χ1) is 55.2. The number of rotatable bonds is 16. The van der Waals surface area contributed by atoms with Gasteiger partial charge in [0.2, 0.25) is 0 Å². The maximum Gasteiger partial charge on any atom is 0.488 e. The maximum atomic E-state index is 8.63. The second kappa shape index (κ2) is 43.0. The predicted molar refractivity (Wildman–Crippen MR) is 447 cm³/mol. The Morgan fingerprint density at radius 2 is 0.602 bits per heavy atom. The summed E-state index contributed by atoms with van der Waals surface area (Å²) in [6, 6.07) is 30.9. The first-order valence-electron chi connectivity index (χ1n) is 36.7. The van der Waals surface area contributed by atoms with Crippen molar-refractivity contribution < 1.29 is 33.7 Å². The molecule has 3 aromatic carbocycles. The zero-order valence-corrected chi connectivity index (χ0v) is 66.4. The smallest absolute Gasteiger partial charge is 0.423 e. The standard InChI is InChI=1S/2C18H17ClN4O.2C12H13ClN4O.C7H3Cl2N3.C6H6BClO2.C5H11NO/c19-13-5-3-12(4-6-13)17-16-11-20-8-7-15(16)18(23-22-17)21-10-14-2-1-9-24-14;19-13-5-3-12(4-6-13)17-15-7-8-20-11-16(15)18(23-22-17)21-10-14-2-1-9-24-14;13-11-10-7-14-4-3-9(10)12(17-16-11)15-6-8-2-1-5-18-8;13-11-9-3-4-14-7-10(9)12(17-16-11)15-6-8-2-1-5-18-8;8-6-4-1-2-10-3-5(4)7(9)12-11-6;8-6-3-1-5(2-4-6)7(9)10;6-4-5-2-1-3-7-5/h2*3-8,11,14H,1-2,9-10H2,(H,21,23);2*3-4,7-8H,1-2,5-6H2,(H,15,17);1-3H;1-4,9-10H;5H,1-4,6H2/t2*14-;2*8-;;;5-/m0000..0/s1. The van der Waals surface area contributed by atoms with Crippen molar-refractivity contribution in [2.24, 2.45) is 5.73 Å². The molecule has 10 aromatic heterocycles. The minimum Gasteiger partial charge on any atom is -0.423 e. The van der Waals surface area contributed by atoms with Gasteiger partial charge in [-0.3, -0.25) is 24.9 Å². The lowest BCUT2D eigenvalue weighted by Crippen LogP contribution is -2.29. The van der Waals surface area contributed by atoms with Crippen LogP contribution in [0.2, 0.25) is 35.7 Å². The average Bonchev–Trinajstić information content (AvgIpc) is 1.41. The molecule has 0 spiro atoms. The number of hydrogen-bond donors (Lipinski definition) is 7. The number of nitrogens with zero attached hydrogens (tertiary/aromatic N) is 15. The van der Waals surface area contributed by atoms with E-state index >= 15 is 0 Å². The summed E-state index contributed by atoms with van der Waals surface area (Å²) >= 11 is 41.0. The molecule has 0 saturated carbocycles. The highest BCUT2D eigenvalue weighted by Gasteiger charge is 2.22. The van der Waals surface area contributed by atoms with Crippen molar-refractivity contribution in [2.75, 3.05) is 87.0 Å². The van der Waals surface area contributed by atoms with Crippen LogP contribution in [-0.4, -0.2) is 189 Å². The van der Waals surface area contributed by atoms with Crippen LogP contribution in [0.5, 0.6) is 0 Å². The van der Waals surface area contributed by atoms with Crippen molar-refractivity contribution in [2.45, 2.75) is 94.7 Å². The summed E-state index contributed by atoms with van der Waals surface area (Å²) in [6.07, 6.45) is 29.9. The number of halogens is 7. The summed E-state index contributed by atoms with van der Waals surface area (Å²) in [7, 11) is -1.41. The van der Waals surface area contributed by atoms with Gasteiger partial charge in [0.25, 0.3) is 0 Å². The number of nitrogens with one attached hydrogen (secondary N) is 4. The van der Waals surface area contributed by atoms with Crippen molar-refractivity contribution in [3.8, 4) is 22.5 Å². The molecule has 5 aliphatic heterocycles. The van der Waals surface area contributed by atoms with Gasteiger partial charge in [-0.15, -0.1) is 51.0 Å². The molecule has 8 N–H and O–H groups in total. The lowest BCUT2D eigenvalue weighted by Gasteiger charge is -2.13. The zero-order chi connectivity index (χ0) is 78.7. The van der Waals surface area contributed by atoms with E-state index in [4.69, 9.17) is 121 Å². The van der Waals surface area contributed by atoms with Crippen LogP contribution in [0, 0.1) is 0 Å². The average molecular weight is 1670 g/mol. The summed E-state index contributed by atoms with van der Waals surface area (Å²) in [5.41, 5.74) is 9.33. The monoisotopic (exact) mass is 1660 g/mol. The van der Waals surface area contributed by atoms with Crippen LogP contribution in [0.1, 0.15) is 64.2 Å². The molecule has 15 heterocycles. The van der Waals surface area contributed by atoms with E-state index in [0.717, 1.165) is 211 Å². The highest BCUT2D eigenvalue weighted by Crippen LogP contribution is 2.34. The zero-order valence-electron chi connectivity index (χ0n) is 61.1. The Labute approximate surface area is 686 Å². The molecule has 5 aliphatic rings. The quantitative estimate of drug-likeness (QED) is 0.0442. The predicted octanol–water partition coefficient (Wildman–Crippen LogP) is 14.9. The first-order valence-corrected chi connectivity index (χ1v) is 39.4. The molecule has 0 unspecified atom stereocenters. The summed E-state index contributed by atoms with van der Waals surface area (Å²) in [4.78, 5) is 20.5. The highest BCUT2D eigenvalue weighted by molar-refractivity contribution is 6.58. The number of pyridine rings is 5. The Morgan fingerprint density at radius 3 is 0.965 bits per heavy atom. The van der Waals surface area contributed by atoms with Crippen LogP contribution >= 0.6 is 81.2 Å². The Balaban J connectivity index is 0.000000126. The topological polar surface area (TPSA) is 354 Å². The minimum atomic E-state index is -1.41. The number of ether oxygens (including phenoxy) is 5. The fraction of sp³-hybridized carbons (Fsp3) is 0.321. The van der Waals surface area contributed by atoms with Crippen molar-refractivity contribution in [1.82, 2.24) is 75.9 Å². The van der Waals surface area contributed by atoms with Gasteiger partial charge in [-0.2, -0.15) is 0 Å². The molecule has 35 heteroatoms. The maximum absolute atomic E-state index is 8.63. The van der Waals surface area contributed by atoms with Gasteiger partial charge in [0, 0.05) is 208 Å². The van der Waals surface area contributed by atoms with Crippen molar-refractivity contribution in [3.05, 3.63) is 201 Å². The summed E-state index contributed by atoms with van der Waals surface area (Å²) in [5, 5.41) is 83.8.